The topological polar surface area (TPSA) is 45.2 Å². The second-order valence-electron chi connectivity index (χ2n) is 7.16. The smallest absolute Gasteiger partial charge is 0.223 e. The fraction of sp³-hybridized carbons (Fsp3) is 0.364. The molecule has 1 amide bonds. The first-order chi connectivity index (χ1) is 12.8. The number of nitrogens with one attached hydrogen (secondary N) is 1. The fourth-order valence-corrected chi connectivity index (χ4v) is 3.76. The fourth-order valence-electron chi connectivity index (χ4n) is 3.76. The van der Waals surface area contributed by atoms with Gasteiger partial charge in [0.25, 0.3) is 0 Å². The van der Waals surface area contributed by atoms with Gasteiger partial charge in [-0.2, -0.15) is 0 Å². The quantitative estimate of drug-likeness (QED) is 0.859. The third kappa shape index (κ3) is 3.79. The predicted molar refractivity (Wildman–Crippen MR) is 104 cm³/mol. The molecule has 1 N–H and O–H groups in total. The van der Waals surface area contributed by atoms with Crippen molar-refractivity contribution in [3.05, 3.63) is 71.4 Å². The van der Waals surface area contributed by atoms with Crippen molar-refractivity contribution in [2.45, 2.75) is 38.8 Å². The highest BCUT2D eigenvalue weighted by Gasteiger charge is 2.19. The highest BCUT2D eigenvalue weighted by atomic mass is 16.1. The van der Waals surface area contributed by atoms with E-state index in [1.54, 1.807) is 0 Å². The second kappa shape index (κ2) is 7.73. The van der Waals surface area contributed by atoms with E-state index >= 15 is 0 Å². The second-order valence-corrected chi connectivity index (χ2v) is 7.16. The van der Waals surface area contributed by atoms with Gasteiger partial charge in [-0.3, -0.25) is 4.79 Å². The van der Waals surface area contributed by atoms with Crippen molar-refractivity contribution in [1.29, 1.82) is 0 Å². The van der Waals surface area contributed by atoms with E-state index in [0.29, 0.717) is 6.54 Å². The van der Waals surface area contributed by atoms with Crippen LogP contribution in [0.15, 0.2) is 54.7 Å². The highest BCUT2D eigenvalue weighted by molar-refractivity contribution is 5.78. The van der Waals surface area contributed by atoms with E-state index in [1.165, 1.54) is 11.1 Å². The minimum absolute atomic E-state index is 0.126. The first-order valence-electron chi connectivity index (χ1n) is 9.49. The number of aromatic nitrogens is 1. The lowest BCUT2D eigenvalue weighted by Gasteiger charge is -2.29. The number of benzene rings is 1. The summed E-state index contributed by atoms with van der Waals surface area (Å²) >= 11 is 0. The van der Waals surface area contributed by atoms with Gasteiger partial charge in [-0.15, -0.1) is 0 Å². The molecule has 0 spiro atoms. The molecule has 4 rings (SSSR count). The molecule has 1 aromatic heterocycles. The molecule has 4 heteroatoms. The van der Waals surface area contributed by atoms with Gasteiger partial charge in [0.05, 0.1) is 0 Å². The van der Waals surface area contributed by atoms with Crippen molar-refractivity contribution in [2.75, 3.05) is 11.4 Å². The number of nitrogens with zero attached hydrogens (tertiary/aromatic N) is 2. The molecule has 0 radical (unpaired) electrons. The van der Waals surface area contributed by atoms with Gasteiger partial charge in [0.15, 0.2) is 0 Å². The number of fused-ring (bicyclic) bond motifs is 1. The largest absolute Gasteiger partial charge is 0.352 e. The van der Waals surface area contributed by atoms with Gasteiger partial charge >= 0.3 is 0 Å². The van der Waals surface area contributed by atoms with Gasteiger partial charge in [-0.25, -0.2) is 4.98 Å². The monoisotopic (exact) mass is 347 g/mol. The molecule has 0 saturated carbocycles. The van der Waals surface area contributed by atoms with Crippen LogP contribution >= 0.6 is 0 Å². The van der Waals surface area contributed by atoms with Crippen molar-refractivity contribution in [1.82, 2.24) is 10.3 Å². The molecule has 0 saturated heterocycles. The van der Waals surface area contributed by atoms with Crippen LogP contribution in [0.4, 0.5) is 5.82 Å². The summed E-state index contributed by atoms with van der Waals surface area (Å²) in [6, 6.07) is 12.8. The molecule has 1 aliphatic heterocycles. The van der Waals surface area contributed by atoms with Gasteiger partial charge in [0.2, 0.25) is 5.91 Å². The maximum atomic E-state index is 12.2. The summed E-state index contributed by atoms with van der Waals surface area (Å²) in [7, 11) is 0. The van der Waals surface area contributed by atoms with E-state index in [9.17, 15) is 4.79 Å². The van der Waals surface area contributed by atoms with Crippen LogP contribution in [-0.2, 0) is 24.3 Å². The SMILES string of the molecule is O=C(NCc1ccc(N2CCc3ccccc3C2)nc1)[C@@H]1CC=CCC1. The van der Waals surface area contributed by atoms with Crippen molar-refractivity contribution in [3.63, 3.8) is 0 Å². The Morgan fingerprint density at radius 3 is 2.81 bits per heavy atom. The molecule has 26 heavy (non-hydrogen) atoms. The van der Waals surface area contributed by atoms with Crippen LogP contribution in [0.2, 0.25) is 0 Å². The third-order valence-electron chi connectivity index (χ3n) is 5.37. The van der Waals surface area contributed by atoms with E-state index in [0.717, 1.165) is 50.2 Å². The van der Waals surface area contributed by atoms with Crippen LogP contribution in [0.25, 0.3) is 0 Å². The Kier molecular flexibility index (Phi) is 5.00. The van der Waals surface area contributed by atoms with Crippen LogP contribution in [0.1, 0.15) is 36.0 Å². The number of anilines is 1. The molecule has 0 bridgehead atoms. The third-order valence-corrected chi connectivity index (χ3v) is 5.37. The van der Waals surface area contributed by atoms with E-state index < -0.39 is 0 Å². The maximum absolute atomic E-state index is 12.2. The maximum Gasteiger partial charge on any atom is 0.223 e. The highest BCUT2D eigenvalue weighted by Crippen LogP contribution is 2.23. The summed E-state index contributed by atoms with van der Waals surface area (Å²) in [5.41, 5.74) is 3.88. The van der Waals surface area contributed by atoms with Gasteiger partial charge in [-0.1, -0.05) is 42.5 Å². The average Bonchev–Trinajstić information content (AvgIpc) is 2.72. The summed E-state index contributed by atoms with van der Waals surface area (Å²) < 4.78 is 0. The number of pyridine rings is 1. The Balaban J connectivity index is 1.34. The molecule has 0 fully saturated rings. The van der Waals surface area contributed by atoms with E-state index in [1.807, 2.05) is 6.20 Å². The molecular formula is C22H25N3O. The Labute approximate surface area is 154 Å². The summed E-state index contributed by atoms with van der Waals surface area (Å²) in [6.45, 7) is 2.46. The van der Waals surface area contributed by atoms with E-state index in [4.69, 9.17) is 0 Å². The lowest BCUT2D eigenvalue weighted by molar-refractivity contribution is -0.125. The number of amides is 1. The summed E-state index contributed by atoms with van der Waals surface area (Å²) in [6.07, 6.45) is 10.0. The zero-order valence-corrected chi connectivity index (χ0v) is 15.0. The van der Waals surface area contributed by atoms with Crippen LogP contribution in [0, 0.1) is 5.92 Å². The molecule has 1 atom stereocenters. The number of carbonyl (C=O) groups excluding carboxylic acids is 1. The molecule has 134 valence electrons. The summed E-state index contributed by atoms with van der Waals surface area (Å²) in [4.78, 5) is 19.2. The lowest BCUT2D eigenvalue weighted by atomic mass is 9.93. The zero-order valence-electron chi connectivity index (χ0n) is 15.0. The van der Waals surface area contributed by atoms with Gasteiger partial charge < -0.3 is 10.2 Å². The summed E-state index contributed by atoms with van der Waals surface area (Å²) in [5, 5.41) is 3.05. The van der Waals surface area contributed by atoms with E-state index in [-0.39, 0.29) is 11.8 Å². The van der Waals surface area contributed by atoms with Crippen molar-refractivity contribution in [3.8, 4) is 0 Å². The molecule has 0 unspecified atom stereocenters. The molecule has 4 nitrogen and oxygen atoms in total. The summed E-state index contributed by atoms with van der Waals surface area (Å²) in [5.74, 6) is 1.29. The van der Waals surface area contributed by atoms with Gasteiger partial charge in [0, 0.05) is 31.7 Å². The molecule has 1 aliphatic carbocycles. The normalized spacial score (nSPS) is 19.1. The standard InChI is InChI=1S/C22H25N3O/c26-22(19-7-2-1-3-8-19)24-15-17-10-11-21(23-14-17)25-13-12-18-6-4-5-9-20(18)16-25/h1-2,4-6,9-11,14,19H,3,7-8,12-13,15-16H2,(H,24,26)/t19-/m1/s1. The minimum Gasteiger partial charge on any atom is -0.352 e. The molecule has 1 aromatic carbocycles. The Morgan fingerprint density at radius 1 is 1.15 bits per heavy atom. The van der Waals surface area contributed by atoms with Crippen LogP contribution in [-0.4, -0.2) is 17.4 Å². The number of carbonyl (C=O) groups is 1. The number of allylic oxidation sites excluding steroid dienone is 2. The Morgan fingerprint density at radius 2 is 2.04 bits per heavy atom. The van der Waals surface area contributed by atoms with Gasteiger partial charge in [-0.05, 0) is 48.4 Å². The van der Waals surface area contributed by atoms with Crippen molar-refractivity contribution >= 4 is 11.7 Å². The minimum atomic E-state index is 0.126. The van der Waals surface area contributed by atoms with Crippen LogP contribution < -0.4 is 10.2 Å². The Hall–Kier alpha value is -2.62. The van der Waals surface area contributed by atoms with Crippen molar-refractivity contribution in [2.24, 2.45) is 5.92 Å². The number of hydrogen-bond donors (Lipinski definition) is 1. The molecule has 2 aliphatic rings. The molecule has 2 aromatic rings. The number of hydrogen-bond acceptors (Lipinski definition) is 3. The zero-order chi connectivity index (χ0) is 17.8. The van der Waals surface area contributed by atoms with Crippen LogP contribution in [0.5, 0.6) is 0 Å². The molecule has 2 heterocycles. The van der Waals surface area contributed by atoms with Crippen LogP contribution in [0.3, 0.4) is 0 Å². The predicted octanol–water partition coefficient (Wildman–Crippen LogP) is 3.62. The van der Waals surface area contributed by atoms with Gasteiger partial charge in [0.1, 0.15) is 5.82 Å². The first-order valence-corrected chi connectivity index (χ1v) is 9.49. The number of rotatable bonds is 4. The molecular weight excluding hydrogens is 322 g/mol. The van der Waals surface area contributed by atoms with E-state index in [2.05, 4.69) is 63.8 Å². The first kappa shape index (κ1) is 16.8. The Bertz CT molecular complexity index is 797. The van der Waals surface area contributed by atoms with Crippen molar-refractivity contribution < 1.29 is 4.79 Å². The average molecular weight is 347 g/mol. The lowest BCUT2D eigenvalue weighted by Crippen LogP contribution is -2.31.